The lowest BCUT2D eigenvalue weighted by molar-refractivity contribution is -0.135. The summed E-state index contributed by atoms with van der Waals surface area (Å²) >= 11 is 0. The molecule has 0 aromatic carbocycles. The first-order valence-corrected chi connectivity index (χ1v) is 4.68. The fraction of sp³-hybridized carbons (Fsp3) is 0.667. The molecule has 0 saturated carbocycles. The molecule has 0 bridgehead atoms. The van der Waals surface area contributed by atoms with Crippen LogP contribution in [0.25, 0.3) is 0 Å². The van der Waals surface area contributed by atoms with Crippen LogP contribution in [0.5, 0.6) is 0 Å². The minimum absolute atomic E-state index is 0.0225. The summed E-state index contributed by atoms with van der Waals surface area (Å²) in [6.07, 6.45) is 0.433. The zero-order chi connectivity index (χ0) is 10.7. The molecule has 0 fully saturated rings. The Balaban J connectivity index is 2.81. The van der Waals surface area contributed by atoms with E-state index >= 15 is 0 Å². The van der Waals surface area contributed by atoms with E-state index < -0.39 is 5.92 Å². The number of amidine groups is 1. The second-order valence-corrected chi connectivity index (χ2v) is 3.65. The van der Waals surface area contributed by atoms with Gasteiger partial charge in [-0.1, -0.05) is 13.8 Å². The molecule has 0 saturated heterocycles. The number of hydrogen-bond donors (Lipinski definition) is 2. The van der Waals surface area contributed by atoms with Crippen molar-refractivity contribution in [2.45, 2.75) is 20.3 Å². The second kappa shape index (κ2) is 4.32. The lowest BCUT2D eigenvalue weighted by atomic mass is 9.93. The Kier molecular flexibility index (Phi) is 3.35. The van der Waals surface area contributed by atoms with Crippen LogP contribution in [0.4, 0.5) is 0 Å². The van der Waals surface area contributed by atoms with Gasteiger partial charge in [-0.3, -0.25) is 9.59 Å². The first-order valence-electron chi connectivity index (χ1n) is 4.68. The Morgan fingerprint density at radius 3 is 2.57 bits per heavy atom. The van der Waals surface area contributed by atoms with E-state index in [4.69, 9.17) is 5.73 Å². The molecule has 1 unspecified atom stereocenters. The Labute approximate surface area is 82.8 Å². The van der Waals surface area contributed by atoms with Crippen molar-refractivity contribution in [2.24, 2.45) is 22.6 Å². The van der Waals surface area contributed by atoms with Crippen molar-refractivity contribution in [3.63, 3.8) is 0 Å². The van der Waals surface area contributed by atoms with E-state index in [0.29, 0.717) is 18.8 Å². The van der Waals surface area contributed by atoms with E-state index in [1.165, 1.54) is 0 Å². The summed E-state index contributed by atoms with van der Waals surface area (Å²) in [5.74, 6) is -0.891. The summed E-state index contributed by atoms with van der Waals surface area (Å²) < 4.78 is 0. The second-order valence-electron chi connectivity index (χ2n) is 3.65. The maximum absolute atomic E-state index is 11.5. The van der Waals surface area contributed by atoms with E-state index in [0.717, 1.165) is 0 Å². The molecule has 1 atom stereocenters. The molecule has 5 nitrogen and oxygen atoms in total. The van der Waals surface area contributed by atoms with Gasteiger partial charge in [-0.15, -0.1) is 0 Å². The van der Waals surface area contributed by atoms with Crippen LogP contribution in [0.1, 0.15) is 20.3 Å². The minimum Gasteiger partial charge on any atom is -0.330 e. The van der Waals surface area contributed by atoms with Gasteiger partial charge >= 0.3 is 0 Å². The van der Waals surface area contributed by atoms with Crippen molar-refractivity contribution >= 4 is 17.6 Å². The van der Waals surface area contributed by atoms with Gasteiger partial charge in [0, 0.05) is 6.42 Å². The molecule has 1 rings (SSSR count). The number of nitrogens with two attached hydrogens (primary N) is 1. The molecule has 1 aliphatic heterocycles. The van der Waals surface area contributed by atoms with Crippen molar-refractivity contribution in [1.82, 2.24) is 5.32 Å². The highest BCUT2D eigenvalue weighted by Crippen LogP contribution is 2.16. The lowest BCUT2D eigenvalue weighted by Gasteiger charge is -2.22. The third-order valence-electron chi connectivity index (χ3n) is 2.11. The Hall–Kier alpha value is -1.23. The van der Waals surface area contributed by atoms with Crippen LogP contribution in [-0.4, -0.2) is 24.2 Å². The zero-order valence-corrected chi connectivity index (χ0v) is 8.41. The molecule has 0 radical (unpaired) electrons. The number of hydrogen-bond acceptors (Lipinski definition) is 3. The molecule has 0 aliphatic carbocycles. The van der Waals surface area contributed by atoms with Crippen LogP contribution in [0.15, 0.2) is 4.99 Å². The molecular weight excluding hydrogens is 182 g/mol. The predicted octanol–water partition coefficient (Wildman–Crippen LogP) is -0.338. The van der Waals surface area contributed by atoms with Gasteiger partial charge < -0.3 is 11.1 Å². The van der Waals surface area contributed by atoms with Crippen molar-refractivity contribution in [1.29, 1.82) is 0 Å². The molecule has 0 aromatic rings. The van der Waals surface area contributed by atoms with Crippen molar-refractivity contribution in [3.8, 4) is 0 Å². The van der Waals surface area contributed by atoms with Gasteiger partial charge in [-0.25, -0.2) is 0 Å². The van der Waals surface area contributed by atoms with Crippen LogP contribution in [-0.2, 0) is 9.59 Å². The molecule has 14 heavy (non-hydrogen) atoms. The quantitative estimate of drug-likeness (QED) is 0.607. The van der Waals surface area contributed by atoms with E-state index in [9.17, 15) is 9.59 Å². The Morgan fingerprint density at radius 2 is 2.14 bits per heavy atom. The number of nitrogens with zero attached hydrogens (tertiary/aromatic N) is 1. The summed E-state index contributed by atoms with van der Waals surface area (Å²) in [5, 5.41) is 2.59. The van der Waals surface area contributed by atoms with Gasteiger partial charge in [-0.2, -0.15) is 4.99 Å². The van der Waals surface area contributed by atoms with Crippen LogP contribution < -0.4 is 11.1 Å². The van der Waals surface area contributed by atoms with Crippen LogP contribution >= 0.6 is 0 Å². The number of amides is 2. The largest absolute Gasteiger partial charge is 0.330 e. The molecule has 2 amide bonds. The summed E-state index contributed by atoms with van der Waals surface area (Å²) in [5.41, 5.74) is 5.30. The summed E-state index contributed by atoms with van der Waals surface area (Å²) in [7, 11) is 0. The number of aliphatic imine (C=N–C) groups is 1. The smallest absolute Gasteiger partial charge is 0.260 e. The maximum atomic E-state index is 11.5. The predicted molar refractivity (Wildman–Crippen MR) is 52.6 cm³/mol. The van der Waals surface area contributed by atoms with Crippen molar-refractivity contribution in [2.75, 3.05) is 6.54 Å². The fourth-order valence-electron chi connectivity index (χ4n) is 1.41. The van der Waals surface area contributed by atoms with Crippen molar-refractivity contribution < 1.29 is 9.59 Å². The summed E-state index contributed by atoms with van der Waals surface area (Å²) in [4.78, 5) is 26.7. The van der Waals surface area contributed by atoms with Crippen molar-refractivity contribution in [3.05, 3.63) is 0 Å². The molecule has 3 N–H and O–H groups in total. The van der Waals surface area contributed by atoms with Crippen LogP contribution in [0.2, 0.25) is 0 Å². The van der Waals surface area contributed by atoms with Gasteiger partial charge in [0.15, 0.2) is 0 Å². The Morgan fingerprint density at radius 1 is 1.50 bits per heavy atom. The monoisotopic (exact) mass is 197 g/mol. The SMILES string of the molecule is CC(C)C1C(=O)N=C(CCN)NC1=O. The van der Waals surface area contributed by atoms with Gasteiger partial charge in [0.25, 0.3) is 5.91 Å². The number of carbonyl (C=O) groups excluding carboxylic acids is 2. The lowest BCUT2D eigenvalue weighted by Crippen LogP contribution is -2.46. The number of carbonyl (C=O) groups is 2. The number of nitrogens with one attached hydrogen (secondary N) is 1. The first kappa shape index (κ1) is 10.8. The third-order valence-corrected chi connectivity index (χ3v) is 2.11. The highest BCUT2D eigenvalue weighted by Gasteiger charge is 2.33. The average molecular weight is 197 g/mol. The van der Waals surface area contributed by atoms with E-state index in [2.05, 4.69) is 10.3 Å². The van der Waals surface area contributed by atoms with E-state index in [-0.39, 0.29) is 17.7 Å². The first-order chi connectivity index (χ1) is 6.56. The summed E-state index contributed by atoms with van der Waals surface area (Å²) in [6.45, 7) is 4.02. The van der Waals surface area contributed by atoms with Crippen LogP contribution in [0, 0.1) is 11.8 Å². The highest BCUT2D eigenvalue weighted by molar-refractivity contribution is 6.15. The highest BCUT2D eigenvalue weighted by atomic mass is 16.2. The minimum atomic E-state index is -0.642. The molecule has 1 aliphatic rings. The van der Waals surface area contributed by atoms with Crippen LogP contribution in [0.3, 0.4) is 0 Å². The van der Waals surface area contributed by atoms with Gasteiger partial charge in [0.1, 0.15) is 11.8 Å². The molecule has 5 heteroatoms. The maximum Gasteiger partial charge on any atom is 0.260 e. The number of rotatable bonds is 3. The zero-order valence-electron chi connectivity index (χ0n) is 8.41. The van der Waals surface area contributed by atoms with Gasteiger partial charge in [0.2, 0.25) is 5.91 Å². The third kappa shape index (κ3) is 2.17. The normalized spacial score (nSPS) is 22.3. The fourth-order valence-corrected chi connectivity index (χ4v) is 1.41. The average Bonchev–Trinajstić information content (AvgIpc) is 2.01. The van der Waals surface area contributed by atoms with Gasteiger partial charge in [0.05, 0.1) is 0 Å². The molecule has 0 aromatic heterocycles. The molecule has 78 valence electrons. The molecule has 0 spiro atoms. The molecular formula is C9H15N3O2. The Bertz CT molecular complexity index is 284. The summed E-state index contributed by atoms with van der Waals surface area (Å²) in [6, 6.07) is 0. The topological polar surface area (TPSA) is 84.6 Å². The van der Waals surface area contributed by atoms with E-state index in [1.807, 2.05) is 13.8 Å². The standard InChI is InChI=1S/C9H15N3O2/c1-5(2)7-8(13)11-6(3-4-10)12-9(7)14/h5,7H,3-4,10H2,1-2H3,(H,11,12,13,14). The van der Waals surface area contributed by atoms with Gasteiger partial charge in [-0.05, 0) is 12.5 Å². The molecule has 1 heterocycles. The van der Waals surface area contributed by atoms with E-state index in [1.54, 1.807) is 0 Å².